The Kier molecular flexibility index (Phi) is 3.86. The van der Waals surface area contributed by atoms with Gasteiger partial charge in [0.05, 0.1) is 25.3 Å². The normalized spacial score (nSPS) is 52.4. The number of esters is 2. The van der Waals surface area contributed by atoms with Crippen LogP contribution in [0.5, 0.6) is 0 Å². The van der Waals surface area contributed by atoms with Crippen molar-refractivity contribution in [1.29, 1.82) is 0 Å². The first kappa shape index (κ1) is 18.9. The molecule has 8 heteroatoms. The first-order valence-electron chi connectivity index (χ1n) is 9.52. The molecule has 2 N–H and O–H groups in total. The van der Waals surface area contributed by atoms with E-state index in [1.807, 2.05) is 13.1 Å². The number of aliphatic hydroxyl groups is 2. The van der Waals surface area contributed by atoms with Crippen LogP contribution < -0.4 is 0 Å². The summed E-state index contributed by atoms with van der Waals surface area (Å²) in [6.45, 7) is 5.89. The van der Waals surface area contributed by atoms with E-state index >= 15 is 0 Å². The fraction of sp³-hybridized carbons (Fsp3) is 0.789. The summed E-state index contributed by atoms with van der Waals surface area (Å²) >= 11 is 0. The van der Waals surface area contributed by atoms with Crippen LogP contribution in [0.2, 0.25) is 0 Å². The number of nitrogens with zero attached hydrogens (tertiary/aromatic N) is 1. The molecule has 150 valence electrons. The molecule has 3 saturated heterocycles. The fourth-order valence-corrected chi connectivity index (χ4v) is 4.84. The highest BCUT2D eigenvalue weighted by molar-refractivity contribution is 5.84. The van der Waals surface area contributed by atoms with E-state index in [0.717, 1.165) is 0 Å². The minimum atomic E-state index is -1.78. The van der Waals surface area contributed by atoms with E-state index in [-0.39, 0.29) is 23.6 Å². The molecule has 0 saturated carbocycles. The molecule has 4 heterocycles. The van der Waals surface area contributed by atoms with Gasteiger partial charge in [0.15, 0.2) is 17.3 Å². The van der Waals surface area contributed by atoms with Crippen molar-refractivity contribution in [3.05, 3.63) is 11.6 Å². The van der Waals surface area contributed by atoms with Gasteiger partial charge in [0.2, 0.25) is 0 Å². The molecular weight excluding hydrogens is 354 g/mol. The van der Waals surface area contributed by atoms with Gasteiger partial charge in [-0.1, -0.05) is 6.92 Å². The van der Waals surface area contributed by atoms with E-state index < -0.39 is 40.9 Å². The monoisotopic (exact) mass is 382 g/mol. The third kappa shape index (κ3) is 2.36. The van der Waals surface area contributed by atoms with Crippen LogP contribution in [0.25, 0.3) is 0 Å². The minimum Gasteiger partial charge on any atom is -0.459 e. The standard InChI is InChI=1S/C19H28NO7/c1-11-9-18(12(2)27-18)16(22)26-14-6-8-20(4)7-5-13(19(14,20)24)10-25-15(21)17(11,3)23/h5,11-12,14,23-24H,6-10H2,1-4H3/q+1. The van der Waals surface area contributed by atoms with Crippen LogP contribution in [-0.4, -0.2) is 82.5 Å². The number of carbonyl (C=O) groups excluding carboxylic acids is 2. The molecule has 4 aliphatic heterocycles. The van der Waals surface area contributed by atoms with E-state index in [9.17, 15) is 19.8 Å². The summed E-state index contributed by atoms with van der Waals surface area (Å²) in [5, 5.41) is 22.3. The van der Waals surface area contributed by atoms with Gasteiger partial charge in [-0.15, -0.1) is 0 Å². The number of cyclic esters (lactones) is 1. The largest absolute Gasteiger partial charge is 0.459 e. The summed E-state index contributed by atoms with van der Waals surface area (Å²) in [4.78, 5) is 25.6. The van der Waals surface area contributed by atoms with Crippen LogP contribution in [0.4, 0.5) is 0 Å². The molecule has 7 unspecified atom stereocenters. The zero-order chi connectivity index (χ0) is 19.8. The molecule has 0 amide bonds. The van der Waals surface area contributed by atoms with Crippen molar-refractivity contribution in [3.8, 4) is 0 Å². The van der Waals surface area contributed by atoms with Crippen molar-refractivity contribution in [2.75, 3.05) is 26.7 Å². The molecule has 0 bridgehead atoms. The molecule has 0 aromatic heterocycles. The third-order valence-electron chi connectivity index (χ3n) is 7.29. The molecule has 1 spiro atoms. The molecule has 0 aliphatic carbocycles. The average Bonchev–Trinajstić information content (AvgIpc) is 3.08. The Morgan fingerprint density at radius 1 is 1.22 bits per heavy atom. The molecule has 4 rings (SSSR count). The van der Waals surface area contributed by atoms with Crippen molar-refractivity contribution in [2.24, 2.45) is 5.92 Å². The smallest absolute Gasteiger partial charge is 0.341 e. The van der Waals surface area contributed by atoms with E-state index in [1.165, 1.54) is 6.92 Å². The predicted octanol–water partition coefficient (Wildman–Crippen LogP) is -0.131. The molecule has 7 atom stereocenters. The number of carbonyl (C=O) groups is 2. The van der Waals surface area contributed by atoms with Gasteiger partial charge in [0.25, 0.3) is 5.72 Å². The molecule has 27 heavy (non-hydrogen) atoms. The number of hydrogen-bond donors (Lipinski definition) is 2. The van der Waals surface area contributed by atoms with Gasteiger partial charge in [-0.05, 0) is 32.3 Å². The number of hydrogen-bond acceptors (Lipinski definition) is 7. The Hall–Kier alpha value is -1.48. The first-order valence-corrected chi connectivity index (χ1v) is 9.52. The lowest BCUT2D eigenvalue weighted by molar-refractivity contribution is -0.955. The topological polar surface area (TPSA) is 106 Å². The summed E-state index contributed by atoms with van der Waals surface area (Å²) < 4.78 is 17.1. The summed E-state index contributed by atoms with van der Waals surface area (Å²) in [6, 6.07) is 0. The number of likely N-dealkylation sites (N-methyl/N-ethyl adjacent to an activating group) is 1. The number of epoxide rings is 1. The molecule has 0 aromatic rings. The van der Waals surface area contributed by atoms with Gasteiger partial charge >= 0.3 is 11.9 Å². The van der Waals surface area contributed by atoms with Crippen LogP contribution in [0.3, 0.4) is 0 Å². The highest BCUT2D eigenvalue weighted by Crippen LogP contribution is 2.49. The van der Waals surface area contributed by atoms with Crippen molar-refractivity contribution in [1.82, 2.24) is 0 Å². The average molecular weight is 382 g/mol. The van der Waals surface area contributed by atoms with Crippen molar-refractivity contribution >= 4 is 11.9 Å². The highest BCUT2D eigenvalue weighted by atomic mass is 16.7. The Labute approximate surface area is 158 Å². The highest BCUT2D eigenvalue weighted by Gasteiger charge is 2.69. The Morgan fingerprint density at radius 2 is 1.89 bits per heavy atom. The zero-order valence-electron chi connectivity index (χ0n) is 16.2. The van der Waals surface area contributed by atoms with Gasteiger partial charge in [-0.3, -0.25) is 4.48 Å². The zero-order valence-corrected chi connectivity index (χ0v) is 16.2. The second-order valence-corrected chi connectivity index (χ2v) is 8.92. The van der Waals surface area contributed by atoms with E-state index in [1.54, 1.807) is 13.8 Å². The number of ether oxygens (including phenoxy) is 3. The summed E-state index contributed by atoms with van der Waals surface area (Å²) in [5.41, 5.74) is -3.91. The summed E-state index contributed by atoms with van der Waals surface area (Å²) in [6.07, 6.45) is 1.38. The van der Waals surface area contributed by atoms with Gasteiger partial charge in [0.1, 0.15) is 13.2 Å². The maximum absolute atomic E-state index is 13.0. The van der Waals surface area contributed by atoms with Crippen molar-refractivity contribution < 1.29 is 38.5 Å². The van der Waals surface area contributed by atoms with Crippen LogP contribution in [0.1, 0.15) is 33.6 Å². The molecule has 8 nitrogen and oxygen atoms in total. The van der Waals surface area contributed by atoms with Gasteiger partial charge in [-0.25, -0.2) is 9.59 Å². The second-order valence-electron chi connectivity index (χ2n) is 8.92. The molecule has 0 radical (unpaired) electrons. The predicted molar refractivity (Wildman–Crippen MR) is 92.1 cm³/mol. The second kappa shape index (κ2) is 5.53. The van der Waals surface area contributed by atoms with E-state index in [4.69, 9.17) is 14.2 Å². The summed E-state index contributed by atoms with van der Waals surface area (Å²) in [7, 11) is 1.90. The van der Waals surface area contributed by atoms with Crippen LogP contribution in [-0.2, 0) is 23.8 Å². The van der Waals surface area contributed by atoms with E-state index in [2.05, 4.69) is 0 Å². The fourth-order valence-electron chi connectivity index (χ4n) is 4.84. The molecule has 3 fully saturated rings. The number of quaternary nitrogens is 1. The minimum absolute atomic E-state index is 0.134. The Morgan fingerprint density at radius 3 is 2.52 bits per heavy atom. The van der Waals surface area contributed by atoms with Crippen molar-refractivity contribution in [2.45, 2.75) is 62.7 Å². The lowest BCUT2D eigenvalue weighted by Gasteiger charge is -2.40. The third-order valence-corrected chi connectivity index (χ3v) is 7.29. The van der Waals surface area contributed by atoms with Gasteiger partial charge in [-0.2, -0.15) is 0 Å². The summed E-state index contributed by atoms with van der Waals surface area (Å²) in [5.74, 6) is -1.89. The SMILES string of the molecule is CC1CC2(OC2C)C(=O)OC2CC[N+]3(C)CC=C(COC(=O)C1(C)O)C23O. The van der Waals surface area contributed by atoms with Gasteiger partial charge in [0, 0.05) is 6.42 Å². The number of rotatable bonds is 0. The maximum atomic E-state index is 13.0. The lowest BCUT2D eigenvalue weighted by atomic mass is 9.82. The maximum Gasteiger partial charge on any atom is 0.341 e. The molecule has 0 aromatic carbocycles. The van der Waals surface area contributed by atoms with Crippen molar-refractivity contribution in [3.63, 3.8) is 0 Å². The van der Waals surface area contributed by atoms with Crippen LogP contribution in [0.15, 0.2) is 11.6 Å². The lowest BCUT2D eigenvalue weighted by Crippen LogP contribution is -2.61. The quantitative estimate of drug-likeness (QED) is 0.260. The van der Waals surface area contributed by atoms with Crippen LogP contribution >= 0.6 is 0 Å². The Balaban J connectivity index is 1.73. The molecular formula is C19H28NO7+. The van der Waals surface area contributed by atoms with Gasteiger partial charge < -0.3 is 24.4 Å². The Bertz CT molecular complexity index is 734. The molecule has 4 aliphatic rings. The van der Waals surface area contributed by atoms with E-state index in [0.29, 0.717) is 25.1 Å². The van der Waals surface area contributed by atoms with Crippen LogP contribution in [0, 0.1) is 5.92 Å². The first-order chi connectivity index (χ1) is 12.5.